The van der Waals surface area contributed by atoms with E-state index >= 15 is 0 Å². The number of aliphatic imine (C=N–C) groups is 1. The first-order valence-electron chi connectivity index (χ1n) is 10.2. The zero-order chi connectivity index (χ0) is 20.5. The van der Waals surface area contributed by atoms with Crippen molar-refractivity contribution < 1.29 is 4.79 Å². The van der Waals surface area contributed by atoms with Gasteiger partial charge in [-0.05, 0) is 44.4 Å². The lowest BCUT2D eigenvalue weighted by molar-refractivity contribution is 0.222. The molecule has 1 aromatic carbocycles. The van der Waals surface area contributed by atoms with E-state index < -0.39 is 0 Å². The van der Waals surface area contributed by atoms with Crippen LogP contribution in [0.2, 0.25) is 0 Å². The quantitative estimate of drug-likeness (QED) is 0.281. The number of amides is 2. The fourth-order valence-electron chi connectivity index (χ4n) is 3.19. The number of aromatic nitrogens is 1. The number of anilines is 1. The first kappa shape index (κ1) is 24.4. The number of benzene rings is 1. The number of urea groups is 1. The fraction of sp³-hybridized carbons (Fsp3) is 0.476. The van der Waals surface area contributed by atoms with Crippen LogP contribution in [0, 0.1) is 6.92 Å². The van der Waals surface area contributed by atoms with Gasteiger partial charge in [0.2, 0.25) is 0 Å². The number of hydrogen-bond donors (Lipinski definition) is 3. The highest BCUT2D eigenvalue weighted by Crippen LogP contribution is 2.15. The van der Waals surface area contributed by atoms with E-state index in [0.717, 1.165) is 67.7 Å². The molecule has 30 heavy (non-hydrogen) atoms. The molecule has 2 amide bonds. The number of thiazole rings is 1. The van der Waals surface area contributed by atoms with Crippen LogP contribution in [0.15, 0.2) is 35.5 Å². The van der Waals surface area contributed by atoms with Crippen molar-refractivity contribution in [3.63, 3.8) is 0 Å². The molecule has 164 valence electrons. The Morgan fingerprint density at radius 3 is 2.77 bits per heavy atom. The Morgan fingerprint density at radius 1 is 1.27 bits per heavy atom. The van der Waals surface area contributed by atoms with Crippen LogP contribution in [0.5, 0.6) is 0 Å². The molecule has 2 aromatic rings. The zero-order valence-electron chi connectivity index (χ0n) is 17.6. The van der Waals surface area contributed by atoms with Gasteiger partial charge in [-0.3, -0.25) is 0 Å². The second-order valence-electron chi connectivity index (χ2n) is 7.06. The monoisotopic (exact) mass is 542 g/mol. The smallest absolute Gasteiger partial charge is 0.321 e. The molecule has 3 N–H and O–H groups in total. The van der Waals surface area contributed by atoms with Crippen LogP contribution >= 0.6 is 35.3 Å². The SMILES string of the molecule is CCNC(=NCc1cccc(NC(=O)N2CCCC2)c1)NCCc1ncc(C)s1.I. The Morgan fingerprint density at radius 2 is 2.07 bits per heavy atom. The van der Waals surface area contributed by atoms with E-state index in [-0.39, 0.29) is 30.0 Å². The zero-order valence-corrected chi connectivity index (χ0v) is 20.8. The normalized spacial score (nSPS) is 13.7. The van der Waals surface area contributed by atoms with Gasteiger partial charge in [0.05, 0.1) is 11.6 Å². The molecule has 1 aliphatic heterocycles. The van der Waals surface area contributed by atoms with Gasteiger partial charge in [-0.2, -0.15) is 0 Å². The van der Waals surface area contributed by atoms with Crippen molar-refractivity contribution in [1.29, 1.82) is 0 Å². The third kappa shape index (κ3) is 7.75. The van der Waals surface area contributed by atoms with E-state index in [9.17, 15) is 4.79 Å². The summed E-state index contributed by atoms with van der Waals surface area (Å²) in [6.45, 7) is 7.93. The molecule has 3 rings (SSSR count). The molecule has 0 spiro atoms. The highest BCUT2D eigenvalue weighted by Gasteiger charge is 2.17. The Labute approximate surface area is 199 Å². The first-order chi connectivity index (χ1) is 14.1. The predicted octanol–water partition coefficient (Wildman–Crippen LogP) is 4.00. The number of carbonyl (C=O) groups excluding carboxylic acids is 1. The molecule has 0 unspecified atom stereocenters. The highest BCUT2D eigenvalue weighted by atomic mass is 127. The van der Waals surface area contributed by atoms with Crippen LogP contribution in [0.3, 0.4) is 0 Å². The van der Waals surface area contributed by atoms with Crippen molar-refractivity contribution in [3.8, 4) is 0 Å². The van der Waals surface area contributed by atoms with E-state index in [0.29, 0.717) is 6.54 Å². The van der Waals surface area contributed by atoms with E-state index in [2.05, 4.69) is 39.8 Å². The molecule has 7 nitrogen and oxygen atoms in total. The predicted molar refractivity (Wildman–Crippen MR) is 135 cm³/mol. The number of halogens is 1. The van der Waals surface area contributed by atoms with Gasteiger partial charge in [0.25, 0.3) is 0 Å². The Hall–Kier alpha value is -1.88. The van der Waals surface area contributed by atoms with Gasteiger partial charge < -0.3 is 20.9 Å². The summed E-state index contributed by atoms with van der Waals surface area (Å²) in [5.41, 5.74) is 1.86. The second kappa shape index (κ2) is 12.7. The van der Waals surface area contributed by atoms with E-state index in [1.165, 1.54) is 4.88 Å². The molecule has 0 radical (unpaired) electrons. The van der Waals surface area contributed by atoms with Crippen molar-refractivity contribution in [2.75, 3.05) is 31.5 Å². The highest BCUT2D eigenvalue weighted by molar-refractivity contribution is 14.0. The third-order valence-electron chi connectivity index (χ3n) is 4.64. The van der Waals surface area contributed by atoms with Crippen LogP contribution in [0.4, 0.5) is 10.5 Å². The number of nitrogens with zero attached hydrogens (tertiary/aromatic N) is 3. The Kier molecular flexibility index (Phi) is 10.4. The van der Waals surface area contributed by atoms with E-state index in [1.807, 2.05) is 35.4 Å². The fourth-order valence-corrected chi connectivity index (χ4v) is 3.97. The summed E-state index contributed by atoms with van der Waals surface area (Å²) in [6, 6.07) is 7.86. The Balaban J connectivity index is 0.00000320. The van der Waals surface area contributed by atoms with Crippen LogP contribution in [-0.2, 0) is 13.0 Å². The van der Waals surface area contributed by atoms with Gasteiger partial charge in [0, 0.05) is 49.4 Å². The summed E-state index contributed by atoms with van der Waals surface area (Å²) in [5, 5.41) is 10.8. The number of carbonyl (C=O) groups is 1. The van der Waals surface area contributed by atoms with Crippen LogP contribution in [0.25, 0.3) is 0 Å². The molecule has 0 bridgehead atoms. The largest absolute Gasteiger partial charge is 0.357 e. The summed E-state index contributed by atoms with van der Waals surface area (Å²) in [4.78, 5) is 24.4. The second-order valence-corrected chi connectivity index (χ2v) is 8.38. The van der Waals surface area contributed by atoms with Gasteiger partial charge in [0.15, 0.2) is 5.96 Å². The van der Waals surface area contributed by atoms with Gasteiger partial charge in [0.1, 0.15) is 0 Å². The molecule has 9 heteroatoms. The molecule has 1 saturated heterocycles. The van der Waals surface area contributed by atoms with Gasteiger partial charge in [-0.1, -0.05) is 12.1 Å². The molecular weight excluding hydrogens is 511 g/mol. The summed E-state index contributed by atoms with van der Waals surface area (Å²) >= 11 is 1.73. The number of guanidine groups is 1. The summed E-state index contributed by atoms with van der Waals surface area (Å²) in [5.74, 6) is 0.785. The molecule has 1 aromatic heterocycles. The maximum atomic E-state index is 12.3. The van der Waals surface area contributed by atoms with Crippen LogP contribution < -0.4 is 16.0 Å². The molecule has 1 aliphatic rings. The summed E-state index contributed by atoms with van der Waals surface area (Å²) in [7, 11) is 0. The number of aryl methyl sites for hydroxylation is 1. The summed E-state index contributed by atoms with van der Waals surface area (Å²) in [6.07, 6.45) is 4.96. The number of nitrogens with one attached hydrogen (secondary N) is 3. The first-order valence-corrected chi connectivity index (χ1v) is 11.0. The van der Waals surface area contributed by atoms with Gasteiger partial charge in [-0.15, -0.1) is 35.3 Å². The summed E-state index contributed by atoms with van der Waals surface area (Å²) < 4.78 is 0. The lowest BCUT2D eigenvalue weighted by Gasteiger charge is -2.16. The van der Waals surface area contributed by atoms with Crippen molar-refractivity contribution in [2.45, 2.75) is 39.7 Å². The minimum atomic E-state index is -0.0180. The van der Waals surface area contributed by atoms with Crippen LogP contribution in [0.1, 0.15) is 35.2 Å². The van der Waals surface area contributed by atoms with Crippen molar-refractivity contribution in [2.24, 2.45) is 4.99 Å². The molecule has 0 saturated carbocycles. The van der Waals surface area contributed by atoms with E-state index in [4.69, 9.17) is 0 Å². The molecule has 0 aliphatic carbocycles. The average molecular weight is 542 g/mol. The minimum absolute atomic E-state index is 0. The Bertz CT molecular complexity index is 834. The number of hydrogen-bond acceptors (Lipinski definition) is 4. The lowest BCUT2D eigenvalue weighted by Crippen LogP contribution is -2.38. The topological polar surface area (TPSA) is 81.7 Å². The van der Waals surface area contributed by atoms with Gasteiger partial charge >= 0.3 is 6.03 Å². The maximum absolute atomic E-state index is 12.3. The van der Waals surface area contributed by atoms with Crippen LogP contribution in [-0.4, -0.2) is 48.1 Å². The van der Waals surface area contributed by atoms with E-state index in [1.54, 1.807) is 11.3 Å². The maximum Gasteiger partial charge on any atom is 0.321 e. The standard InChI is InChI=1S/C21H30N6OS.HI/c1-3-22-20(23-10-9-19-24-14-16(2)29-19)25-15-17-7-6-8-18(13-17)26-21(28)27-11-4-5-12-27;/h6-8,13-14H,3-5,9-12,15H2,1-2H3,(H,26,28)(H2,22,23,25);1H. The molecule has 2 heterocycles. The molecule has 1 fully saturated rings. The molecular formula is C21H31IN6OS. The number of likely N-dealkylation sites (tertiary alicyclic amines) is 1. The number of rotatable bonds is 7. The van der Waals surface area contributed by atoms with Crippen molar-refractivity contribution in [1.82, 2.24) is 20.5 Å². The van der Waals surface area contributed by atoms with Crippen molar-refractivity contribution in [3.05, 3.63) is 45.9 Å². The molecule has 0 atom stereocenters. The van der Waals surface area contributed by atoms with Crippen molar-refractivity contribution >= 4 is 53.0 Å². The lowest BCUT2D eigenvalue weighted by atomic mass is 10.2. The van der Waals surface area contributed by atoms with Gasteiger partial charge in [-0.25, -0.2) is 14.8 Å². The average Bonchev–Trinajstić information content (AvgIpc) is 3.38. The third-order valence-corrected chi connectivity index (χ3v) is 5.61. The minimum Gasteiger partial charge on any atom is -0.357 e.